The van der Waals surface area contributed by atoms with Crippen LogP contribution in [-0.4, -0.2) is 13.6 Å². The SMILES string of the molecule is CNCCc1csc(-c2ccc(F)cc2)c1. The molecular weight excluding hydrogens is 221 g/mol. The molecule has 0 atom stereocenters. The molecular formula is C13H14FNS. The number of hydrogen-bond donors (Lipinski definition) is 1. The minimum atomic E-state index is -0.185. The Labute approximate surface area is 98.9 Å². The van der Waals surface area contributed by atoms with Crippen LogP contribution in [0.4, 0.5) is 4.39 Å². The molecule has 0 aliphatic carbocycles. The molecule has 0 radical (unpaired) electrons. The molecule has 1 heterocycles. The second kappa shape index (κ2) is 5.23. The normalized spacial score (nSPS) is 10.6. The fraction of sp³-hybridized carbons (Fsp3) is 0.231. The lowest BCUT2D eigenvalue weighted by Gasteiger charge is -1.97. The van der Waals surface area contributed by atoms with Gasteiger partial charge in [-0.25, -0.2) is 4.39 Å². The molecule has 2 rings (SSSR count). The van der Waals surface area contributed by atoms with Crippen molar-refractivity contribution >= 4 is 11.3 Å². The summed E-state index contributed by atoms with van der Waals surface area (Å²) in [4.78, 5) is 1.20. The zero-order valence-electron chi connectivity index (χ0n) is 9.16. The van der Waals surface area contributed by atoms with E-state index in [0.29, 0.717) is 0 Å². The molecule has 0 fully saturated rings. The van der Waals surface area contributed by atoms with Gasteiger partial charge in [-0.05, 0) is 54.7 Å². The zero-order chi connectivity index (χ0) is 11.4. The number of benzene rings is 1. The van der Waals surface area contributed by atoms with E-state index in [1.807, 2.05) is 19.2 Å². The summed E-state index contributed by atoms with van der Waals surface area (Å²) in [5, 5.41) is 5.29. The van der Waals surface area contributed by atoms with Gasteiger partial charge in [-0.15, -0.1) is 11.3 Å². The summed E-state index contributed by atoms with van der Waals surface area (Å²) in [5.74, 6) is -0.185. The van der Waals surface area contributed by atoms with E-state index in [0.717, 1.165) is 18.5 Å². The first-order valence-corrected chi connectivity index (χ1v) is 6.15. The third-order valence-electron chi connectivity index (χ3n) is 2.45. The predicted molar refractivity (Wildman–Crippen MR) is 67.3 cm³/mol. The van der Waals surface area contributed by atoms with Crippen LogP contribution in [0.5, 0.6) is 0 Å². The van der Waals surface area contributed by atoms with Crippen molar-refractivity contribution in [2.75, 3.05) is 13.6 Å². The van der Waals surface area contributed by atoms with E-state index in [4.69, 9.17) is 0 Å². The maximum Gasteiger partial charge on any atom is 0.123 e. The van der Waals surface area contributed by atoms with E-state index < -0.39 is 0 Å². The van der Waals surface area contributed by atoms with E-state index in [9.17, 15) is 4.39 Å². The van der Waals surface area contributed by atoms with E-state index in [-0.39, 0.29) is 5.82 Å². The van der Waals surface area contributed by atoms with Gasteiger partial charge in [0.2, 0.25) is 0 Å². The first kappa shape index (κ1) is 11.3. The molecule has 0 spiro atoms. The van der Waals surface area contributed by atoms with Crippen LogP contribution in [0.2, 0.25) is 0 Å². The molecule has 2 aromatic rings. The highest BCUT2D eigenvalue weighted by molar-refractivity contribution is 7.13. The van der Waals surface area contributed by atoms with Crippen LogP contribution in [0.1, 0.15) is 5.56 Å². The van der Waals surface area contributed by atoms with Gasteiger partial charge in [0.1, 0.15) is 5.82 Å². The van der Waals surface area contributed by atoms with Crippen LogP contribution < -0.4 is 5.32 Å². The van der Waals surface area contributed by atoms with Gasteiger partial charge >= 0.3 is 0 Å². The van der Waals surface area contributed by atoms with Crippen LogP contribution in [0.15, 0.2) is 35.7 Å². The molecule has 0 unspecified atom stereocenters. The van der Waals surface area contributed by atoms with Crippen molar-refractivity contribution in [3.05, 3.63) is 47.1 Å². The Hall–Kier alpha value is -1.19. The highest BCUT2D eigenvalue weighted by atomic mass is 32.1. The largest absolute Gasteiger partial charge is 0.319 e. The first-order chi connectivity index (χ1) is 7.79. The minimum absolute atomic E-state index is 0.185. The van der Waals surface area contributed by atoms with Crippen molar-refractivity contribution in [1.82, 2.24) is 5.32 Å². The Bertz CT molecular complexity index is 447. The van der Waals surface area contributed by atoms with Gasteiger partial charge in [-0.2, -0.15) is 0 Å². The van der Waals surface area contributed by atoms with Crippen molar-refractivity contribution in [2.45, 2.75) is 6.42 Å². The number of halogens is 1. The van der Waals surface area contributed by atoms with Crippen molar-refractivity contribution in [2.24, 2.45) is 0 Å². The van der Waals surface area contributed by atoms with Crippen LogP contribution >= 0.6 is 11.3 Å². The van der Waals surface area contributed by atoms with Crippen LogP contribution in [-0.2, 0) is 6.42 Å². The van der Waals surface area contributed by atoms with Gasteiger partial charge in [0.15, 0.2) is 0 Å². The summed E-state index contributed by atoms with van der Waals surface area (Å²) in [7, 11) is 1.95. The molecule has 1 nitrogen and oxygen atoms in total. The molecule has 3 heteroatoms. The zero-order valence-corrected chi connectivity index (χ0v) is 9.98. The lowest BCUT2D eigenvalue weighted by molar-refractivity contribution is 0.628. The number of thiophene rings is 1. The monoisotopic (exact) mass is 235 g/mol. The van der Waals surface area contributed by atoms with Crippen LogP contribution in [0.3, 0.4) is 0 Å². The van der Waals surface area contributed by atoms with Gasteiger partial charge in [0.25, 0.3) is 0 Å². The topological polar surface area (TPSA) is 12.0 Å². The van der Waals surface area contributed by atoms with Crippen LogP contribution in [0, 0.1) is 5.82 Å². The van der Waals surface area contributed by atoms with Gasteiger partial charge < -0.3 is 5.32 Å². The van der Waals surface area contributed by atoms with Gasteiger partial charge in [-0.3, -0.25) is 0 Å². The van der Waals surface area contributed by atoms with Gasteiger partial charge in [-0.1, -0.05) is 12.1 Å². The van der Waals surface area contributed by atoms with Gasteiger partial charge in [0.05, 0.1) is 0 Å². The summed E-state index contributed by atoms with van der Waals surface area (Å²) in [6, 6.07) is 8.83. The van der Waals surface area contributed by atoms with E-state index >= 15 is 0 Å². The summed E-state index contributed by atoms with van der Waals surface area (Å²) in [5.41, 5.74) is 2.42. The average molecular weight is 235 g/mol. The van der Waals surface area contributed by atoms with Crippen molar-refractivity contribution in [1.29, 1.82) is 0 Å². The summed E-state index contributed by atoms with van der Waals surface area (Å²) in [6.45, 7) is 0.986. The van der Waals surface area contributed by atoms with E-state index in [2.05, 4.69) is 16.8 Å². The van der Waals surface area contributed by atoms with E-state index in [1.54, 1.807) is 11.3 Å². The molecule has 0 amide bonds. The molecule has 84 valence electrons. The third-order valence-corrected chi connectivity index (χ3v) is 3.47. The quantitative estimate of drug-likeness (QED) is 0.857. The molecule has 16 heavy (non-hydrogen) atoms. The number of rotatable bonds is 4. The molecule has 0 aliphatic rings. The molecule has 0 saturated heterocycles. The number of likely N-dealkylation sites (N-methyl/N-ethyl adjacent to an activating group) is 1. The Kier molecular flexibility index (Phi) is 3.70. The van der Waals surface area contributed by atoms with Crippen molar-refractivity contribution < 1.29 is 4.39 Å². The third kappa shape index (κ3) is 2.68. The lowest BCUT2D eigenvalue weighted by Crippen LogP contribution is -2.09. The van der Waals surface area contributed by atoms with Crippen molar-refractivity contribution in [3.8, 4) is 10.4 Å². The van der Waals surface area contributed by atoms with Gasteiger partial charge in [0, 0.05) is 4.88 Å². The maximum absolute atomic E-state index is 12.8. The summed E-state index contributed by atoms with van der Waals surface area (Å²) >= 11 is 1.71. The molecule has 1 N–H and O–H groups in total. The number of hydrogen-bond acceptors (Lipinski definition) is 2. The fourth-order valence-electron chi connectivity index (χ4n) is 1.54. The molecule has 1 aromatic heterocycles. The second-order valence-corrected chi connectivity index (χ2v) is 4.59. The molecule has 1 aromatic carbocycles. The second-order valence-electron chi connectivity index (χ2n) is 3.68. The standard InChI is InChI=1S/C13H14FNS/c1-15-7-6-10-8-13(16-9-10)11-2-4-12(14)5-3-11/h2-5,8-9,15H,6-7H2,1H3. The lowest BCUT2D eigenvalue weighted by atomic mass is 10.1. The Morgan fingerprint density at radius 1 is 1.25 bits per heavy atom. The maximum atomic E-state index is 12.8. The Morgan fingerprint density at radius 3 is 2.69 bits per heavy atom. The predicted octanol–water partition coefficient (Wildman–Crippen LogP) is 3.32. The number of nitrogens with one attached hydrogen (secondary N) is 1. The first-order valence-electron chi connectivity index (χ1n) is 5.27. The summed E-state index contributed by atoms with van der Waals surface area (Å²) in [6.07, 6.45) is 1.04. The molecule has 0 bridgehead atoms. The highest BCUT2D eigenvalue weighted by Crippen LogP contribution is 2.27. The molecule has 0 saturated carbocycles. The Balaban J connectivity index is 2.15. The average Bonchev–Trinajstić information content (AvgIpc) is 2.76. The van der Waals surface area contributed by atoms with Crippen molar-refractivity contribution in [3.63, 3.8) is 0 Å². The minimum Gasteiger partial charge on any atom is -0.319 e. The Morgan fingerprint density at radius 2 is 2.00 bits per heavy atom. The fourth-order valence-corrected chi connectivity index (χ4v) is 2.50. The highest BCUT2D eigenvalue weighted by Gasteiger charge is 2.02. The van der Waals surface area contributed by atoms with E-state index in [1.165, 1.54) is 22.6 Å². The summed E-state index contributed by atoms with van der Waals surface area (Å²) < 4.78 is 12.8. The smallest absolute Gasteiger partial charge is 0.123 e. The molecule has 0 aliphatic heterocycles. The van der Waals surface area contributed by atoms with Crippen LogP contribution in [0.25, 0.3) is 10.4 Å².